The number of piperidine rings is 1. The Morgan fingerprint density at radius 1 is 1.17 bits per heavy atom. The monoisotopic (exact) mass is 518 g/mol. The van der Waals surface area contributed by atoms with Gasteiger partial charge < -0.3 is 14.7 Å². The maximum absolute atomic E-state index is 13.4. The average molecular weight is 519 g/mol. The first-order chi connectivity index (χ1) is 17.0. The number of hydrogen-bond donors (Lipinski definition) is 1. The molecule has 10 heteroatoms. The van der Waals surface area contributed by atoms with E-state index in [2.05, 4.69) is 4.98 Å². The van der Waals surface area contributed by atoms with Crippen molar-refractivity contribution in [3.8, 4) is 16.3 Å². The maximum Gasteiger partial charge on any atom is 0.416 e. The number of aromatic nitrogens is 1. The summed E-state index contributed by atoms with van der Waals surface area (Å²) in [6, 6.07) is 10.5. The molecule has 4 rings (SSSR count). The number of carbonyl (C=O) groups is 2. The van der Waals surface area contributed by atoms with Crippen molar-refractivity contribution >= 4 is 23.2 Å². The fourth-order valence-corrected chi connectivity index (χ4v) is 5.30. The predicted octanol–water partition coefficient (Wildman–Crippen LogP) is 5.93. The smallest absolute Gasteiger partial charge is 0.416 e. The van der Waals surface area contributed by atoms with Crippen molar-refractivity contribution in [1.29, 1.82) is 0 Å². The molecule has 0 bridgehead atoms. The van der Waals surface area contributed by atoms with E-state index in [1.54, 1.807) is 11.8 Å². The Morgan fingerprint density at radius 3 is 2.56 bits per heavy atom. The van der Waals surface area contributed by atoms with E-state index in [0.717, 1.165) is 36.1 Å². The van der Waals surface area contributed by atoms with Crippen LogP contribution >= 0.6 is 11.3 Å². The molecule has 1 aromatic heterocycles. The lowest BCUT2D eigenvalue weighted by atomic mass is 9.89. The van der Waals surface area contributed by atoms with Crippen LogP contribution < -0.4 is 4.74 Å². The molecule has 1 aliphatic heterocycles. The minimum atomic E-state index is -4.41. The van der Waals surface area contributed by atoms with Crippen LogP contribution in [0.4, 0.5) is 13.2 Å². The number of aliphatic carboxylic acids is 1. The molecular formula is C26H25F3N2O4S. The fourth-order valence-electron chi connectivity index (χ4n) is 4.26. The van der Waals surface area contributed by atoms with Crippen LogP contribution in [0.25, 0.3) is 10.6 Å². The molecule has 0 aliphatic carbocycles. The molecular weight excluding hydrogens is 493 g/mol. The van der Waals surface area contributed by atoms with E-state index in [0.29, 0.717) is 40.0 Å². The van der Waals surface area contributed by atoms with Crippen molar-refractivity contribution in [2.45, 2.75) is 38.8 Å². The lowest BCUT2D eigenvalue weighted by molar-refractivity contribution is -0.139. The number of likely N-dealkylation sites (tertiary alicyclic amines) is 1. The van der Waals surface area contributed by atoms with Gasteiger partial charge in [-0.25, -0.2) is 9.78 Å². The van der Waals surface area contributed by atoms with Crippen LogP contribution in [0, 0.1) is 13.8 Å². The fraction of sp³-hybridized carbons (Fsp3) is 0.346. The number of carboxylic acids is 1. The number of carboxylic acid groups (broad SMARTS) is 1. The molecule has 0 unspecified atom stereocenters. The normalized spacial score (nSPS) is 16.1. The second-order valence-corrected chi connectivity index (χ2v) is 9.81. The molecule has 1 saturated heterocycles. The third-order valence-corrected chi connectivity index (χ3v) is 7.39. The summed E-state index contributed by atoms with van der Waals surface area (Å²) in [5.74, 6) is -0.622. The number of benzene rings is 2. The van der Waals surface area contributed by atoms with E-state index in [-0.39, 0.29) is 11.8 Å². The van der Waals surface area contributed by atoms with Gasteiger partial charge in [0.05, 0.1) is 11.3 Å². The predicted molar refractivity (Wildman–Crippen MR) is 129 cm³/mol. The number of amides is 1. The van der Waals surface area contributed by atoms with E-state index >= 15 is 0 Å². The molecule has 36 heavy (non-hydrogen) atoms. The number of alkyl halides is 3. The lowest BCUT2D eigenvalue weighted by Crippen LogP contribution is -2.39. The van der Waals surface area contributed by atoms with Crippen molar-refractivity contribution in [3.05, 3.63) is 69.7 Å². The molecule has 0 saturated carbocycles. The van der Waals surface area contributed by atoms with Crippen molar-refractivity contribution in [3.63, 3.8) is 0 Å². The Morgan fingerprint density at radius 2 is 1.89 bits per heavy atom. The molecule has 1 aliphatic rings. The van der Waals surface area contributed by atoms with Gasteiger partial charge >= 0.3 is 12.1 Å². The van der Waals surface area contributed by atoms with Crippen molar-refractivity contribution < 1.29 is 32.6 Å². The van der Waals surface area contributed by atoms with Gasteiger partial charge in [0.25, 0.3) is 5.91 Å². The number of thiazole rings is 1. The summed E-state index contributed by atoms with van der Waals surface area (Å²) in [4.78, 5) is 31.0. The van der Waals surface area contributed by atoms with Gasteiger partial charge in [-0.15, -0.1) is 11.3 Å². The molecule has 0 spiro atoms. The van der Waals surface area contributed by atoms with E-state index in [1.165, 1.54) is 23.5 Å². The SMILES string of the molecule is Cc1ccc([C@@H]2CCCN(C(=O)c3sc(-c4ccc(C(F)(F)F)cc4)nc3C)C2)cc1OCC(=O)O. The van der Waals surface area contributed by atoms with Gasteiger partial charge in [-0.3, -0.25) is 4.79 Å². The molecule has 2 heterocycles. The average Bonchev–Trinajstić information content (AvgIpc) is 3.24. The van der Waals surface area contributed by atoms with Crippen molar-refractivity contribution in [1.82, 2.24) is 9.88 Å². The number of nitrogens with zero attached hydrogens (tertiary/aromatic N) is 2. The van der Waals surface area contributed by atoms with Crippen LogP contribution in [0.1, 0.15) is 50.8 Å². The van der Waals surface area contributed by atoms with Crippen molar-refractivity contribution in [2.75, 3.05) is 19.7 Å². The first-order valence-corrected chi connectivity index (χ1v) is 12.2. The lowest BCUT2D eigenvalue weighted by Gasteiger charge is -2.33. The second kappa shape index (κ2) is 10.3. The standard InChI is InChI=1S/C26H25F3N2O4S/c1-15-5-6-18(12-21(15)35-14-22(32)33)19-4-3-11-31(13-19)25(34)23-16(2)30-24(36-23)17-7-9-20(10-8-17)26(27,28)29/h5-10,12,19H,3-4,11,13-14H2,1-2H3,(H,32,33)/t19-/m1/s1. The molecule has 1 atom stereocenters. The van der Waals surface area contributed by atoms with E-state index in [4.69, 9.17) is 9.84 Å². The molecule has 6 nitrogen and oxygen atoms in total. The summed E-state index contributed by atoms with van der Waals surface area (Å²) < 4.78 is 44.0. The molecule has 0 radical (unpaired) electrons. The van der Waals surface area contributed by atoms with E-state index in [9.17, 15) is 22.8 Å². The Hall–Kier alpha value is -3.40. The highest BCUT2D eigenvalue weighted by molar-refractivity contribution is 7.17. The summed E-state index contributed by atoms with van der Waals surface area (Å²) in [7, 11) is 0. The molecule has 1 N–H and O–H groups in total. The zero-order valence-electron chi connectivity index (χ0n) is 19.8. The maximum atomic E-state index is 13.4. The van der Waals surface area contributed by atoms with Gasteiger partial charge in [0.2, 0.25) is 0 Å². The highest BCUT2D eigenvalue weighted by Gasteiger charge is 2.31. The minimum Gasteiger partial charge on any atom is -0.482 e. The van der Waals surface area contributed by atoms with Gasteiger partial charge in [-0.1, -0.05) is 24.3 Å². The van der Waals surface area contributed by atoms with Gasteiger partial charge in [0.1, 0.15) is 15.6 Å². The number of carbonyl (C=O) groups excluding carboxylic acids is 1. The Labute approximate surface area is 210 Å². The Bertz CT molecular complexity index is 1270. The van der Waals surface area contributed by atoms with Crippen molar-refractivity contribution in [2.24, 2.45) is 0 Å². The van der Waals surface area contributed by atoms with Crippen LogP contribution in [0.5, 0.6) is 5.75 Å². The van der Waals surface area contributed by atoms with Crippen LogP contribution in [-0.4, -0.2) is 46.6 Å². The van der Waals surface area contributed by atoms with Crippen LogP contribution in [0.15, 0.2) is 42.5 Å². The van der Waals surface area contributed by atoms with E-state index < -0.39 is 24.3 Å². The topological polar surface area (TPSA) is 79.7 Å². The largest absolute Gasteiger partial charge is 0.482 e. The van der Waals surface area contributed by atoms with Crippen LogP contribution in [0.3, 0.4) is 0 Å². The van der Waals surface area contributed by atoms with E-state index in [1.807, 2.05) is 25.1 Å². The van der Waals surface area contributed by atoms with Gasteiger partial charge in [0.15, 0.2) is 6.61 Å². The third kappa shape index (κ3) is 5.70. The number of aryl methyl sites for hydroxylation is 2. The zero-order valence-corrected chi connectivity index (χ0v) is 20.6. The first-order valence-electron chi connectivity index (χ1n) is 11.4. The summed E-state index contributed by atoms with van der Waals surface area (Å²) >= 11 is 1.18. The molecule has 3 aromatic rings. The molecule has 2 aromatic carbocycles. The number of rotatable bonds is 6. The second-order valence-electron chi connectivity index (χ2n) is 8.81. The summed E-state index contributed by atoms with van der Waals surface area (Å²) in [5.41, 5.74) is 2.15. The van der Waals surface area contributed by atoms with Crippen LogP contribution in [-0.2, 0) is 11.0 Å². The Kier molecular flexibility index (Phi) is 7.35. The molecule has 1 fully saturated rings. The van der Waals surface area contributed by atoms with Gasteiger partial charge in [-0.2, -0.15) is 13.2 Å². The minimum absolute atomic E-state index is 0.0677. The zero-order chi connectivity index (χ0) is 26.0. The summed E-state index contributed by atoms with van der Waals surface area (Å²) in [6.07, 6.45) is -2.73. The quantitative estimate of drug-likeness (QED) is 0.438. The Balaban J connectivity index is 1.50. The highest BCUT2D eigenvalue weighted by atomic mass is 32.1. The molecule has 190 valence electrons. The van der Waals surface area contributed by atoms with Crippen LogP contribution in [0.2, 0.25) is 0 Å². The van der Waals surface area contributed by atoms with Gasteiger partial charge in [0, 0.05) is 24.6 Å². The number of halogens is 3. The third-order valence-electron chi connectivity index (χ3n) is 6.19. The first kappa shape index (κ1) is 25.7. The number of hydrogen-bond acceptors (Lipinski definition) is 5. The summed E-state index contributed by atoms with van der Waals surface area (Å²) in [6.45, 7) is 4.23. The highest BCUT2D eigenvalue weighted by Crippen LogP contribution is 2.35. The molecule has 1 amide bonds. The number of ether oxygens (including phenoxy) is 1. The summed E-state index contributed by atoms with van der Waals surface area (Å²) in [5, 5.41) is 9.41. The van der Waals surface area contributed by atoms with Gasteiger partial charge in [-0.05, 0) is 56.0 Å².